The molecule has 0 aliphatic heterocycles. The van der Waals surface area contributed by atoms with Crippen molar-refractivity contribution in [3.8, 4) is 0 Å². The molecule has 0 amide bonds. The zero-order chi connectivity index (χ0) is 13.4. The molecule has 1 aliphatic carbocycles. The van der Waals surface area contributed by atoms with Crippen molar-refractivity contribution in [3.63, 3.8) is 0 Å². The molecule has 0 heterocycles. The molecule has 0 radical (unpaired) electrons. The number of hydrogen-bond acceptors (Lipinski definition) is 2. The van der Waals surface area contributed by atoms with E-state index in [0.717, 1.165) is 27.3 Å². The lowest BCUT2D eigenvalue weighted by molar-refractivity contribution is 0.0254. The topological polar surface area (TPSA) is 40.5 Å². The first-order valence-corrected chi connectivity index (χ1v) is 6.82. The Kier molecular flexibility index (Phi) is 1.74. The van der Waals surface area contributed by atoms with Crippen LogP contribution in [0, 0.1) is 0 Å². The Morgan fingerprint density at radius 1 is 0.600 bits per heavy atom. The van der Waals surface area contributed by atoms with Gasteiger partial charge in [-0.3, -0.25) is 0 Å². The Hall–Kier alpha value is -2.16. The van der Waals surface area contributed by atoms with Crippen LogP contribution in [0.25, 0.3) is 32.3 Å². The fourth-order valence-electron chi connectivity index (χ4n) is 3.73. The highest BCUT2D eigenvalue weighted by atomic mass is 16.3. The largest absolute Gasteiger partial charge is 0.385 e. The molecule has 0 bridgehead atoms. The van der Waals surface area contributed by atoms with Crippen LogP contribution in [-0.4, -0.2) is 10.2 Å². The minimum absolute atomic E-state index is 0.815. The predicted octanol–water partition coefficient (Wildman–Crippen LogP) is 3.66. The third kappa shape index (κ3) is 1.04. The minimum atomic E-state index is -0.820. The quantitative estimate of drug-likeness (QED) is 0.474. The molecule has 5 rings (SSSR count). The molecule has 0 saturated carbocycles. The average molecular weight is 260 g/mol. The monoisotopic (exact) mass is 260 g/mol. The van der Waals surface area contributed by atoms with Crippen molar-refractivity contribution in [2.45, 2.75) is 12.2 Å². The fraction of sp³-hybridized carbons (Fsp3) is 0.111. The van der Waals surface area contributed by atoms with Crippen molar-refractivity contribution in [1.82, 2.24) is 0 Å². The summed E-state index contributed by atoms with van der Waals surface area (Å²) in [7, 11) is 0. The van der Waals surface area contributed by atoms with Gasteiger partial charge in [-0.15, -0.1) is 0 Å². The van der Waals surface area contributed by atoms with Crippen molar-refractivity contribution in [1.29, 1.82) is 0 Å². The zero-order valence-electron chi connectivity index (χ0n) is 10.7. The first-order valence-electron chi connectivity index (χ1n) is 6.82. The third-order valence-electron chi connectivity index (χ3n) is 4.63. The molecule has 20 heavy (non-hydrogen) atoms. The van der Waals surface area contributed by atoms with E-state index in [9.17, 15) is 10.2 Å². The SMILES string of the molecule is O[C@@H]1c2ccc3ccc4cccc5cc(c2c3c45)[C@@H]1O. The summed E-state index contributed by atoms with van der Waals surface area (Å²) in [5.74, 6) is 0. The van der Waals surface area contributed by atoms with Gasteiger partial charge < -0.3 is 10.2 Å². The van der Waals surface area contributed by atoms with Gasteiger partial charge in [0.25, 0.3) is 0 Å². The maximum absolute atomic E-state index is 10.3. The highest BCUT2D eigenvalue weighted by Crippen LogP contribution is 2.48. The predicted molar refractivity (Wildman–Crippen MR) is 80.1 cm³/mol. The zero-order valence-corrected chi connectivity index (χ0v) is 10.7. The molecule has 96 valence electrons. The second-order valence-corrected chi connectivity index (χ2v) is 5.63. The molecule has 2 N–H and O–H groups in total. The number of hydrogen-bond donors (Lipinski definition) is 2. The van der Waals surface area contributed by atoms with Crippen LogP contribution in [0.1, 0.15) is 23.3 Å². The molecule has 0 saturated heterocycles. The molecule has 2 nitrogen and oxygen atoms in total. The standard InChI is InChI=1S/C18H12O2/c19-17-12-7-6-10-5-4-9-2-1-3-11-8-13(18(17)20)16(12)15(10)14(9)11/h1-8,17-20H/t17-,18+/m1/s1. The van der Waals surface area contributed by atoms with Crippen LogP contribution in [0.15, 0.2) is 48.5 Å². The summed E-state index contributed by atoms with van der Waals surface area (Å²) in [6, 6.07) is 16.5. The summed E-state index contributed by atoms with van der Waals surface area (Å²) in [6.45, 7) is 0. The van der Waals surface area contributed by atoms with Gasteiger partial charge in [0.1, 0.15) is 12.2 Å². The lowest BCUT2D eigenvalue weighted by atomic mass is 9.91. The second kappa shape index (κ2) is 3.29. The lowest BCUT2D eigenvalue weighted by Crippen LogP contribution is -2.02. The van der Waals surface area contributed by atoms with E-state index in [4.69, 9.17) is 0 Å². The summed E-state index contributed by atoms with van der Waals surface area (Å²) >= 11 is 0. The van der Waals surface area contributed by atoms with Crippen molar-refractivity contribution in [2.24, 2.45) is 0 Å². The van der Waals surface area contributed by atoms with Gasteiger partial charge in [-0.1, -0.05) is 42.5 Å². The van der Waals surface area contributed by atoms with Crippen LogP contribution in [0.2, 0.25) is 0 Å². The molecule has 0 unspecified atom stereocenters. The molecule has 2 heteroatoms. The summed E-state index contributed by atoms with van der Waals surface area (Å²) < 4.78 is 0. The van der Waals surface area contributed by atoms with Gasteiger partial charge in [-0.2, -0.15) is 0 Å². The van der Waals surface area contributed by atoms with Gasteiger partial charge in [0.2, 0.25) is 0 Å². The van der Waals surface area contributed by atoms with Crippen molar-refractivity contribution in [3.05, 3.63) is 59.7 Å². The van der Waals surface area contributed by atoms with Gasteiger partial charge in [-0.05, 0) is 49.5 Å². The maximum Gasteiger partial charge on any atom is 0.110 e. The highest BCUT2D eigenvalue weighted by Gasteiger charge is 2.32. The normalized spacial score (nSPS) is 21.5. The molecule has 4 aromatic carbocycles. The Labute approximate surface area is 115 Å². The van der Waals surface area contributed by atoms with Crippen LogP contribution >= 0.6 is 0 Å². The molecule has 2 atom stereocenters. The van der Waals surface area contributed by atoms with E-state index in [-0.39, 0.29) is 0 Å². The fourth-order valence-corrected chi connectivity index (χ4v) is 3.73. The van der Waals surface area contributed by atoms with Gasteiger partial charge in [0, 0.05) is 0 Å². The van der Waals surface area contributed by atoms with Crippen LogP contribution in [0.4, 0.5) is 0 Å². The molecular formula is C18H12O2. The first-order chi connectivity index (χ1) is 9.75. The van der Waals surface area contributed by atoms with Gasteiger partial charge in [-0.25, -0.2) is 0 Å². The summed E-state index contributed by atoms with van der Waals surface area (Å²) in [5.41, 5.74) is 1.70. The number of rotatable bonds is 0. The van der Waals surface area contributed by atoms with E-state index >= 15 is 0 Å². The number of aliphatic hydroxyl groups is 2. The number of aliphatic hydroxyl groups excluding tert-OH is 2. The molecule has 4 aromatic rings. The van der Waals surface area contributed by atoms with E-state index < -0.39 is 12.2 Å². The van der Waals surface area contributed by atoms with E-state index in [1.807, 2.05) is 24.3 Å². The summed E-state index contributed by atoms with van der Waals surface area (Å²) in [4.78, 5) is 0. The van der Waals surface area contributed by atoms with Crippen LogP contribution in [0.3, 0.4) is 0 Å². The van der Waals surface area contributed by atoms with E-state index in [0.29, 0.717) is 0 Å². The van der Waals surface area contributed by atoms with Crippen molar-refractivity contribution < 1.29 is 10.2 Å². The van der Waals surface area contributed by atoms with Crippen LogP contribution < -0.4 is 0 Å². The summed E-state index contributed by atoms with van der Waals surface area (Å²) in [6.07, 6.45) is -1.63. The Balaban J connectivity index is 2.19. The van der Waals surface area contributed by atoms with Crippen molar-refractivity contribution in [2.75, 3.05) is 0 Å². The molecule has 1 aliphatic rings. The third-order valence-corrected chi connectivity index (χ3v) is 4.63. The van der Waals surface area contributed by atoms with Crippen LogP contribution in [0.5, 0.6) is 0 Å². The Morgan fingerprint density at radius 3 is 2.10 bits per heavy atom. The smallest absolute Gasteiger partial charge is 0.110 e. The lowest BCUT2D eigenvalue weighted by Gasteiger charge is -2.12. The molecule has 0 aromatic heterocycles. The van der Waals surface area contributed by atoms with E-state index in [2.05, 4.69) is 24.3 Å². The average Bonchev–Trinajstić information content (AvgIpc) is 2.73. The van der Waals surface area contributed by atoms with Gasteiger partial charge in [0.15, 0.2) is 0 Å². The van der Waals surface area contributed by atoms with Crippen LogP contribution in [-0.2, 0) is 0 Å². The summed E-state index contributed by atoms with van der Waals surface area (Å²) in [5, 5.41) is 27.5. The van der Waals surface area contributed by atoms with E-state index in [1.165, 1.54) is 16.2 Å². The highest BCUT2D eigenvalue weighted by molar-refractivity contribution is 6.25. The van der Waals surface area contributed by atoms with Gasteiger partial charge >= 0.3 is 0 Å². The maximum atomic E-state index is 10.3. The molecule has 0 fully saturated rings. The molecular weight excluding hydrogens is 248 g/mol. The van der Waals surface area contributed by atoms with Gasteiger partial charge in [0.05, 0.1) is 0 Å². The Bertz CT molecular complexity index is 987. The number of benzene rings is 4. The van der Waals surface area contributed by atoms with Crippen molar-refractivity contribution >= 4 is 32.3 Å². The van der Waals surface area contributed by atoms with E-state index in [1.54, 1.807) is 0 Å². The first kappa shape index (κ1) is 10.6. The second-order valence-electron chi connectivity index (χ2n) is 5.63. The molecule has 0 spiro atoms. The minimum Gasteiger partial charge on any atom is -0.385 e. The Morgan fingerprint density at radius 2 is 1.25 bits per heavy atom.